The highest BCUT2D eigenvalue weighted by Crippen LogP contribution is 2.49. The van der Waals surface area contributed by atoms with Crippen LogP contribution in [0, 0.1) is 5.41 Å². The fraction of sp³-hybridized carbons (Fsp3) is 0.500. The van der Waals surface area contributed by atoms with Crippen LogP contribution in [0.1, 0.15) is 45.4 Å². The molecule has 3 rings (SSSR count). The number of H-pyrrole nitrogens is 1. The van der Waals surface area contributed by atoms with Gasteiger partial charge in [0.15, 0.2) is 0 Å². The number of fused-ring (bicyclic) bond motifs is 3. The minimum Gasteiger partial charge on any atom is -0.357 e. The van der Waals surface area contributed by atoms with Crippen molar-refractivity contribution in [3.05, 3.63) is 33.4 Å². The SMILES string of the molecule is CC1(C)Cc2[nH]c3c(Cl)cc(Cl)cc3c2C(C)(C)C1. The zero-order chi connectivity index (χ0) is 14.0. The first-order valence-corrected chi connectivity index (χ1v) is 7.45. The molecule has 1 nitrogen and oxygen atoms in total. The largest absolute Gasteiger partial charge is 0.357 e. The average Bonchev–Trinajstić information content (AvgIpc) is 2.53. The van der Waals surface area contributed by atoms with Crippen LogP contribution >= 0.6 is 23.2 Å². The smallest absolute Gasteiger partial charge is 0.0662 e. The third-order valence-electron chi connectivity index (χ3n) is 4.15. The van der Waals surface area contributed by atoms with Crippen molar-refractivity contribution in [1.82, 2.24) is 4.98 Å². The van der Waals surface area contributed by atoms with E-state index in [-0.39, 0.29) is 5.41 Å². The second kappa shape index (κ2) is 3.93. The van der Waals surface area contributed by atoms with E-state index in [9.17, 15) is 0 Å². The number of aromatic amines is 1. The summed E-state index contributed by atoms with van der Waals surface area (Å²) in [6.45, 7) is 9.29. The monoisotopic (exact) mass is 295 g/mol. The lowest BCUT2D eigenvalue weighted by Gasteiger charge is -2.40. The molecule has 102 valence electrons. The van der Waals surface area contributed by atoms with E-state index in [2.05, 4.69) is 32.7 Å². The Morgan fingerprint density at radius 1 is 1.11 bits per heavy atom. The summed E-state index contributed by atoms with van der Waals surface area (Å²) in [6.07, 6.45) is 2.23. The molecule has 1 aliphatic rings. The van der Waals surface area contributed by atoms with Gasteiger partial charge in [-0.2, -0.15) is 0 Å². The molecule has 3 heteroatoms. The number of aromatic nitrogens is 1. The molecule has 0 saturated carbocycles. The van der Waals surface area contributed by atoms with Crippen LogP contribution in [0.25, 0.3) is 10.9 Å². The highest BCUT2D eigenvalue weighted by molar-refractivity contribution is 6.38. The summed E-state index contributed by atoms with van der Waals surface area (Å²) in [5, 5.41) is 2.61. The first-order valence-electron chi connectivity index (χ1n) is 6.70. The van der Waals surface area contributed by atoms with E-state index in [1.165, 1.54) is 23.1 Å². The van der Waals surface area contributed by atoms with Crippen LogP contribution in [0.2, 0.25) is 10.0 Å². The van der Waals surface area contributed by atoms with Crippen LogP contribution in [0.4, 0.5) is 0 Å². The second-order valence-corrected chi connectivity index (χ2v) is 8.03. The summed E-state index contributed by atoms with van der Waals surface area (Å²) in [5.74, 6) is 0. The zero-order valence-electron chi connectivity index (χ0n) is 11.8. The maximum absolute atomic E-state index is 6.33. The third kappa shape index (κ3) is 2.08. The Hall–Kier alpha value is -0.660. The van der Waals surface area contributed by atoms with E-state index < -0.39 is 0 Å². The van der Waals surface area contributed by atoms with Gasteiger partial charge in [0, 0.05) is 16.1 Å². The van der Waals surface area contributed by atoms with Gasteiger partial charge < -0.3 is 4.98 Å². The maximum atomic E-state index is 6.33. The Labute approximate surface area is 124 Å². The maximum Gasteiger partial charge on any atom is 0.0662 e. The van der Waals surface area contributed by atoms with Crippen molar-refractivity contribution in [2.24, 2.45) is 5.41 Å². The normalized spacial score (nSPS) is 20.5. The van der Waals surface area contributed by atoms with Gasteiger partial charge in [-0.25, -0.2) is 0 Å². The molecule has 0 atom stereocenters. The van der Waals surface area contributed by atoms with E-state index >= 15 is 0 Å². The lowest BCUT2D eigenvalue weighted by Crippen LogP contribution is -2.34. The van der Waals surface area contributed by atoms with Crippen LogP contribution in [0.15, 0.2) is 12.1 Å². The Kier molecular flexibility index (Phi) is 2.75. The van der Waals surface area contributed by atoms with Crippen molar-refractivity contribution in [2.75, 3.05) is 0 Å². The van der Waals surface area contributed by atoms with Crippen molar-refractivity contribution in [3.63, 3.8) is 0 Å². The molecule has 1 N–H and O–H groups in total. The quantitative estimate of drug-likeness (QED) is 0.639. The standard InChI is InChI=1S/C16H19Cl2N/c1-15(2)7-12-13(16(3,4)8-15)10-5-9(17)6-11(18)14(10)19-12/h5-6,19H,7-8H2,1-4H3. The average molecular weight is 296 g/mol. The number of hydrogen-bond donors (Lipinski definition) is 1. The van der Waals surface area contributed by atoms with Gasteiger partial charge in [0.2, 0.25) is 0 Å². The minimum atomic E-state index is 0.142. The molecule has 0 bridgehead atoms. The molecule has 1 aliphatic carbocycles. The topological polar surface area (TPSA) is 15.8 Å². The predicted octanol–water partition coefficient (Wildman–Crippen LogP) is 5.72. The van der Waals surface area contributed by atoms with Gasteiger partial charge in [0.25, 0.3) is 0 Å². The van der Waals surface area contributed by atoms with Crippen LogP contribution < -0.4 is 0 Å². The number of rotatable bonds is 0. The van der Waals surface area contributed by atoms with E-state index in [4.69, 9.17) is 23.2 Å². The molecule has 0 spiro atoms. The lowest BCUT2D eigenvalue weighted by atomic mass is 9.64. The van der Waals surface area contributed by atoms with Gasteiger partial charge in [0.05, 0.1) is 10.5 Å². The van der Waals surface area contributed by atoms with Crippen LogP contribution in [0.3, 0.4) is 0 Å². The van der Waals surface area contributed by atoms with Crippen molar-refractivity contribution in [1.29, 1.82) is 0 Å². The number of benzene rings is 1. The van der Waals surface area contributed by atoms with Crippen molar-refractivity contribution in [3.8, 4) is 0 Å². The predicted molar refractivity (Wildman–Crippen MR) is 83.4 cm³/mol. The second-order valence-electron chi connectivity index (χ2n) is 7.19. The molecular formula is C16H19Cl2N. The highest BCUT2D eigenvalue weighted by atomic mass is 35.5. The molecule has 0 saturated heterocycles. The molecule has 0 radical (unpaired) electrons. The van der Waals surface area contributed by atoms with Crippen LogP contribution in [-0.4, -0.2) is 4.98 Å². The van der Waals surface area contributed by atoms with Crippen molar-refractivity contribution in [2.45, 2.75) is 46.0 Å². The van der Waals surface area contributed by atoms with Gasteiger partial charge in [-0.1, -0.05) is 50.9 Å². The highest BCUT2D eigenvalue weighted by Gasteiger charge is 2.39. The van der Waals surface area contributed by atoms with Gasteiger partial charge in [-0.15, -0.1) is 0 Å². The Morgan fingerprint density at radius 2 is 1.79 bits per heavy atom. The Balaban J connectivity index is 2.36. The van der Waals surface area contributed by atoms with E-state index in [0.717, 1.165) is 11.9 Å². The van der Waals surface area contributed by atoms with Crippen molar-refractivity contribution >= 4 is 34.1 Å². The lowest BCUT2D eigenvalue weighted by molar-refractivity contribution is 0.231. The first kappa shape index (κ1) is 13.3. The van der Waals surface area contributed by atoms with Gasteiger partial charge >= 0.3 is 0 Å². The summed E-state index contributed by atoms with van der Waals surface area (Å²) < 4.78 is 0. The molecule has 1 aromatic carbocycles. The van der Waals surface area contributed by atoms with Gasteiger partial charge in [-0.05, 0) is 41.4 Å². The molecule has 2 aromatic rings. The van der Waals surface area contributed by atoms with Crippen LogP contribution in [0.5, 0.6) is 0 Å². The summed E-state index contributed by atoms with van der Waals surface area (Å²) in [5.41, 5.74) is 4.20. The molecule has 0 unspecified atom stereocenters. The summed E-state index contributed by atoms with van der Waals surface area (Å²) >= 11 is 12.5. The first-order chi connectivity index (χ1) is 8.70. The van der Waals surface area contributed by atoms with Crippen LogP contribution in [-0.2, 0) is 11.8 Å². The molecule has 19 heavy (non-hydrogen) atoms. The third-order valence-corrected chi connectivity index (χ3v) is 4.67. The summed E-state index contributed by atoms with van der Waals surface area (Å²) in [7, 11) is 0. The molecule has 1 heterocycles. The molecule has 0 fully saturated rings. The molecule has 1 aromatic heterocycles. The molecule has 0 amide bonds. The van der Waals surface area contributed by atoms with E-state index in [1.54, 1.807) is 0 Å². The van der Waals surface area contributed by atoms with Gasteiger partial charge in [-0.3, -0.25) is 0 Å². The van der Waals surface area contributed by atoms with E-state index in [1.807, 2.05) is 12.1 Å². The number of halogens is 2. The minimum absolute atomic E-state index is 0.142. The summed E-state index contributed by atoms with van der Waals surface area (Å²) in [4.78, 5) is 3.53. The Bertz CT molecular complexity index is 665. The van der Waals surface area contributed by atoms with E-state index in [0.29, 0.717) is 15.5 Å². The molecule has 0 aliphatic heterocycles. The number of nitrogens with one attached hydrogen (secondary N) is 1. The Morgan fingerprint density at radius 3 is 2.47 bits per heavy atom. The zero-order valence-corrected chi connectivity index (χ0v) is 13.3. The molecular weight excluding hydrogens is 277 g/mol. The fourth-order valence-electron chi connectivity index (χ4n) is 4.01. The van der Waals surface area contributed by atoms with Gasteiger partial charge in [0.1, 0.15) is 0 Å². The fourth-order valence-corrected chi connectivity index (χ4v) is 4.55. The number of hydrogen-bond acceptors (Lipinski definition) is 0. The van der Waals surface area contributed by atoms with Crippen molar-refractivity contribution < 1.29 is 0 Å². The summed E-state index contributed by atoms with van der Waals surface area (Å²) in [6, 6.07) is 3.85.